The molecular formula is C27H32N2O3. The molecule has 1 saturated carbocycles. The molecule has 0 unspecified atom stereocenters. The first-order chi connectivity index (χ1) is 15.5. The van der Waals surface area contributed by atoms with Crippen molar-refractivity contribution in [1.82, 2.24) is 4.90 Å². The Bertz CT molecular complexity index is 987. The van der Waals surface area contributed by atoms with Crippen molar-refractivity contribution in [3.63, 3.8) is 0 Å². The van der Waals surface area contributed by atoms with Crippen LogP contribution in [0.1, 0.15) is 57.9 Å². The molecule has 0 bridgehead atoms. The maximum Gasteiger partial charge on any atom is 0.278 e. The fourth-order valence-electron chi connectivity index (χ4n) is 4.71. The molecular weight excluding hydrogens is 400 g/mol. The van der Waals surface area contributed by atoms with Crippen molar-refractivity contribution in [3.05, 3.63) is 65.9 Å². The van der Waals surface area contributed by atoms with Crippen molar-refractivity contribution in [2.24, 2.45) is 0 Å². The molecule has 5 heteroatoms. The molecule has 2 aliphatic rings. The number of benzene rings is 2. The van der Waals surface area contributed by atoms with E-state index in [0.717, 1.165) is 42.7 Å². The number of hydrogen-bond donors (Lipinski definition) is 0. The minimum absolute atomic E-state index is 0.0299. The van der Waals surface area contributed by atoms with E-state index in [9.17, 15) is 9.59 Å². The second kappa shape index (κ2) is 9.60. The average molecular weight is 433 g/mol. The third-order valence-corrected chi connectivity index (χ3v) is 6.27. The predicted molar refractivity (Wildman–Crippen MR) is 127 cm³/mol. The number of anilines is 1. The van der Waals surface area contributed by atoms with Gasteiger partial charge in [0.05, 0.1) is 11.7 Å². The number of nitrogens with zero attached hydrogens (tertiary/aromatic N) is 2. The van der Waals surface area contributed by atoms with E-state index in [1.165, 1.54) is 17.7 Å². The van der Waals surface area contributed by atoms with E-state index in [-0.39, 0.29) is 24.0 Å². The Labute approximate surface area is 190 Å². The Morgan fingerprint density at radius 1 is 0.875 bits per heavy atom. The molecule has 0 atom stereocenters. The maximum atomic E-state index is 13.7. The number of ether oxygens (including phenoxy) is 1. The Kier molecular flexibility index (Phi) is 6.63. The van der Waals surface area contributed by atoms with Crippen molar-refractivity contribution in [2.45, 2.75) is 64.5 Å². The van der Waals surface area contributed by atoms with Crippen molar-refractivity contribution >= 4 is 23.1 Å². The van der Waals surface area contributed by atoms with Crippen LogP contribution in [0.4, 0.5) is 5.69 Å². The summed E-state index contributed by atoms with van der Waals surface area (Å²) in [5.74, 6) is 0.377. The van der Waals surface area contributed by atoms with Crippen molar-refractivity contribution in [2.75, 3.05) is 11.9 Å². The number of para-hydroxylation sites is 1. The van der Waals surface area contributed by atoms with Crippen LogP contribution in [0.5, 0.6) is 5.75 Å². The van der Waals surface area contributed by atoms with E-state index in [4.69, 9.17) is 4.74 Å². The first-order valence-electron chi connectivity index (χ1n) is 11.7. The van der Waals surface area contributed by atoms with E-state index in [0.29, 0.717) is 11.3 Å². The lowest BCUT2D eigenvalue weighted by molar-refractivity contribution is -0.139. The van der Waals surface area contributed by atoms with Crippen molar-refractivity contribution in [3.8, 4) is 5.75 Å². The van der Waals surface area contributed by atoms with Crippen LogP contribution in [-0.2, 0) is 9.59 Å². The average Bonchev–Trinajstić information content (AvgIpc) is 2.94. The summed E-state index contributed by atoms with van der Waals surface area (Å²) < 4.78 is 5.76. The molecule has 0 radical (unpaired) electrons. The Balaban J connectivity index is 1.75. The molecule has 2 aromatic carbocycles. The highest BCUT2D eigenvalue weighted by molar-refractivity contribution is 6.36. The maximum absolute atomic E-state index is 13.7. The number of imide groups is 1. The number of carbonyl (C=O) groups is 2. The third kappa shape index (κ3) is 4.43. The molecule has 0 saturated heterocycles. The highest BCUT2D eigenvalue weighted by atomic mass is 16.5. The molecule has 168 valence electrons. The zero-order chi connectivity index (χ0) is 22.7. The highest BCUT2D eigenvalue weighted by Gasteiger charge is 2.44. The number of rotatable bonds is 6. The first-order valence-corrected chi connectivity index (χ1v) is 11.7. The van der Waals surface area contributed by atoms with Gasteiger partial charge in [-0.3, -0.25) is 14.5 Å². The van der Waals surface area contributed by atoms with Crippen LogP contribution in [0.15, 0.2) is 60.3 Å². The van der Waals surface area contributed by atoms with Crippen molar-refractivity contribution < 1.29 is 14.3 Å². The SMILES string of the molecule is CC(C)Oc1ccc(C2=C(N(C)c3ccccc3)C(=O)N(C3CCCCCC3)C2=O)cc1. The second-order valence-electron chi connectivity index (χ2n) is 8.93. The summed E-state index contributed by atoms with van der Waals surface area (Å²) in [5.41, 5.74) is 2.54. The molecule has 32 heavy (non-hydrogen) atoms. The third-order valence-electron chi connectivity index (χ3n) is 6.27. The van der Waals surface area contributed by atoms with Gasteiger partial charge in [-0.25, -0.2) is 0 Å². The fraction of sp³-hybridized carbons (Fsp3) is 0.407. The smallest absolute Gasteiger partial charge is 0.278 e. The van der Waals surface area contributed by atoms with Gasteiger partial charge in [0.15, 0.2) is 0 Å². The lowest BCUT2D eigenvalue weighted by Gasteiger charge is -2.27. The quantitative estimate of drug-likeness (QED) is 0.452. The highest BCUT2D eigenvalue weighted by Crippen LogP contribution is 2.37. The van der Waals surface area contributed by atoms with Crippen LogP contribution < -0.4 is 9.64 Å². The van der Waals surface area contributed by atoms with Crippen LogP contribution >= 0.6 is 0 Å². The number of likely N-dealkylation sites (N-methyl/N-ethyl adjacent to an activating group) is 1. The lowest BCUT2D eigenvalue weighted by Crippen LogP contribution is -2.42. The normalized spacial score (nSPS) is 17.8. The minimum atomic E-state index is -0.189. The second-order valence-corrected chi connectivity index (χ2v) is 8.93. The molecule has 4 rings (SSSR count). The molecule has 0 aromatic heterocycles. The van der Waals surface area contributed by atoms with Crippen LogP contribution in [-0.4, -0.2) is 35.9 Å². The van der Waals surface area contributed by atoms with Crippen LogP contribution in [0, 0.1) is 0 Å². The van der Waals surface area contributed by atoms with Gasteiger partial charge in [0, 0.05) is 18.8 Å². The van der Waals surface area contributed by atoms with Gasteiger partial charge in [0.25, 0.3) is 11.8 Å². The first kappa shape index (κ1) is 22.1. The van der Waals surface area contributed by atoms with E-state index in [1.54, 1.807) is 0 Å². The monoisotopic (exact) mass is 432 g/mol. The summed E-state index contributed by atoms with van der Waals surface area (Å²) in [6.07, 6.45) is 6.29. The topological polar surface area (TPSA) is 49.9 Å². The number of amides is 2. The van der Waals surface area contributed by atoms with Crippen molar-refractivity contribution in [1.29, 1.82) is 0 Å². The van der Waals surface area contributed by atoms with Gasteiger partial charge in [-0.1, -0.05) is 56.0 Å². The molecule has 1 fully saturated rings. The fourth-order valence-corrected chi connectivity index (χ4v) is 4.71. The lowest BCUT2D eigenvalue weighted by atomic mass is 10.0. The summed E-state index contributed by atoms with van der Waals surface area (Å²) in [4.78, 5) is 30.8. The zero-order valence-electron chi connectivity index (χ0n) is 19.2. The van der Waals surface area contributed by atoms with E-state index in [1.807, 2.05) is 80.4 Å². The van der Waals surface area contributed by atoms with E-state index >= 15 is 0 Å². The molecule has 2 amide bonds. The molecule has 1 aliphatic heterocycles. The van der Waals surface area contributed by atoms with Crippen LogP contribution in [0.25, 0.3) is 5.57 Å². The van der Waals surface area contributed by atoms with Gasteiger partial charge in [-0.15, -0.1) is 0 Å². The van der Waals surface area contributed by atoms with Gasteiger partial charge >= 0.3 is 0 Å². The van der Waals surface area contributed by atoms with Crippen LogP contribution in [0.3, 0.4) is 0 Å². The van der Waals surface area contributed by atoms with Gasteiger partial charge in [0.2, 0.25) is 0 Å². The molecule has 1 heterocycles. The van der Waals surface area contributed by atoms with E-state index < -0.39 is 0 Å². The Morgan fingerprint density at radius 2 is 1.50 bits per heavy atom. The molecule has 5 nitrogen and oxygen atoms in total. The summed E-state index contributed by atoms with van der Waals surface area (Å²) in [5, 5.41) is 0. The predicted octanol–water partition coefficient (Wildman–Crippen LogP) is 5.41. The van der Waals surface area contributed by atoms with Gasteiger partial charge in [-0.2, -0.15) is 0 Å². The summed E-state index contributed by atoms with van der Waals surface area (Å²) in [7, 11) is 1.86. The largest absolute Gasteiger partial charge is 0.491 e. The summed E-state index contributed by atoms with van der Waals surface area (Å²) >= 11 is 0. The minimum Gasteiger partial charge on any atom is -0.491 e. The van der Waals surface area contributed by atoms with Gasteiger partial charge in [-0.05, 0) is 56.5 Å². The summed E-state index contributed by atoms with van der Waals surface area (Å²) in [6.45, 7) is 3.96. The van der Waals surface area contributed by atoms with E-state index in [2.05, 4.69) is 0 Å². The Morgan fingerprint density at radius 3 is 2.09 bits per heavy atom. The van der Waals surface area contributed by atoms with Gasteiger partial charge in [0.1, 0.15) is 11.4 Å². The molecule has 1 aliphatic carbocycles. The molecule has 0 N–H and O–H groups in total. The standard InChI is InChI=1S/C27H32N2O3/c1-19(2)32-23-17-15-20(16-18-23)24-25(28(3)21-11-9-6-10-12-21)27(31)29(26(24)30)22-13-7-4-5-8-14-22/h6,9-12,15-19,22H,4-5,7-8,13-14H2,1-3H3. The van der Waals surface area contributed by atoms with Gasteiger partial charge < -0.3 is 9.64 Å². The summed E-state index contributed by atoms with van der Waals surface area (Å²) in [6, 6.07) is 17.2. The van der Waals surface area contributed by atoms with Crippen LogP contribution in [0.2, 0.25) is 0 Å². The molecule has 0 spiro atoms. The number of carbonyl (C=O) groups excluding carboxylic acids is 2. The molecule has 2 aromatic rings. The number of hydrogen-bond acceptors (Lipinski definition) is 4. The Hall–Kier alpha value is -3.08. The zero-order valence-corrected chi connectivity index (χ0v) is 19.2.